The van der Waals surface area contributed by atoms with Crippen LogP contribution in [0.4, 0.5) is 0 Å². The maximum absolute atomic E-state index is 12.9. The lowest BCUT2D eigenvalue weighted by atomic mass is 9.62. The second-order valence-corrected chi connectivity index (χ2v) is 7.44. The maximum atomic E-state index is 12.9. The van der Waals surface area contributed by atoms with E-state index in [1.807, 2.05) is 42.3 Å². The normalized spacial score (nSPS) is 36.7. The van der Waals surface area contributed by atoms with Crippen LogP contribution in [-0.4, -0.2) is 34.6 Å². The number of nitrogens with zero attached hydrogens (tertiary/aromatic N) is 1. The van der Waals surface area contributed by atoms with Crippen LogP contribution in [0.3, 0.4) is 0 Å². The molecule has 0 aromatic heterocycles. The van der Waals surface area contributed by atoms with Crippen molar-refractivity contribution in [2.75, 3.05) is 7.05 Å². The van der Waals surface area contributed by atoms with E-state index in [2.05, 4.69) is 20.8 Å². The predicted octanol–water partition coefficient (Wildman–Crippen LogP) is 2.94. The molecule has 21 heavy (non-hydrogen) atoms. The number of hydrogen-bond acceptors (Lipinski definition) is 2. The third kappa shape index (κ3) is 1.80. The van der Waals surface area contributed by atoms with Crippen LogP contribution in [0, 0.1) is 17.3 Å². The van der Waals surface area contributed by atoms with E-state index in [4.69, 9.17) is 0 Å². The van der Waals surface area contributed by atoms with Gasteiger partial charge >= 0.3 is 0 Å². The molecule has 2 saturated carbocycles. The monoisotopic (exact) mass is 287 g/mol. The molecule has 0 saturated heterocycles. The summed E-state index contributed by atoms with van der Waals surface area (Å²) >= 11 is 0. The minimum Gasteiger partial charge on any atom is -0.393 e. The second kappa shape index (κ2) is 4.57. The van der Waals surface area contributed by atoms with Gasteiger partial charge in [0.15, 0.2) is 0 Å². The number of aliphatic hydroxyl groups is 1. The van der Waals surface area contributed by atoms with E-state index in [0.717, 1.165) is 12.8 Å². The van der Waals surface area contributed by atoms with Crippen LogP contribution in [0.25, 0.3) is 0 Å². The van der Waals surface area contributed by atoms with Crippen LogP contribution in [0.5, 0.6) is 0 Å². The summed E-state index contributed by atoms with van der Waals surface area (Å²) in [6.07, 6.45) is 1.62. The summed E-state index contributed by atoms with van der Waals surface area (Å²) in [4.78, 5) is 14.7. The molecule has 0 radical (unpaired) electrons. The van der Waals surface area contributed by atoms with E-state index < -0.39 is 0 Å². The van der Waals surface area contributed by atoms with E-state index in [-0.39, 0.29) is 28.9 Å². The number of benzene rings is 1. The Hall–Kier alpha value is -1.35. The summed E-state index contributed by atoms with van der Waals surface area (Å²) in [6, 6.07) is 9.43. The van der Waals surface area contributed by atoms with Gasteiger partial charge in [-0.05, 0) is 43.2 Å². The van der Waals surface area contributed by atoms with Gasteiger partial charge in [-0.3, -0.25) is 4.79 Å². The van der Waals surface area contributed by atoms with Crippen molar-refractivity contribution in [3.8, 4) is 0 Å². The minimum absolute atomic E-state index is 0.0239. The molecule has 3 nitrogen and oxygen atoms in total. The van der Waals surface area contributed by atoms with Crippen molar-refractivity contribution in [3.63, 3.8) is 0 Å². The number of hydrogen-bond donors (Lipinski definition) is 1. The van der Waals surface area contributed by atoms with Crippen molar-refractivity contribution in [3.05, 3.63) is 35.9 Å². The highest BCUT2D eigenvalue weighted by Crippen LogP contribution is 2.63. The lowest BCUT2D eigenvalue weighted by Gasteiger charge is -2.54. The van der Waals surface area contributed by atoms with Gasteiger partial charge < -0.3 is 10.0 Å². The van der Waals surface area contributed by atoms with E-state index in [1.165, 1.54) is 0 Å². The molecule has 1 aromatic carbocycles. The Labute approximate surface area is 127 Å². The first-order chi connectivity index (χ1) is 9.80. The first kappa shape index (κ1) is 14.6. The summed E-state index contributed by atoms with van der Waals surface area (Å²) in [5.74, 6) is 0.717. The number of aliphatic hydroxyl groups excluding tert-OH is 1. The molecule has 2 fully saturated rings. The number of rotatable bonds is 2. The van der Waals surface area contributed by atoms with Gasteiger partial charge in [0.1, 0.15) is 0 Å². The average molecular weight is 287 g/mol. The van der Waals surface area contributed by atoms with E-state index >= 15 is 0 Å². The number of carbonyl (C=O) groups excluding carboxylic acids is 1. The van der Waals surface area contributed by atoms with Crippen molar-refractivity contribution in [2.45, 2.75) is 45.3 Å². The molecule has 3 rings (SSSR count). The Kier molecular flexibility index (Phi) is 3.17. The van der Waals surface area contributed by atoms with Gasteiger partial charge in [-0.1, -0.05) is 32.0 Å². The van der Waals surface area contributed by atoms with Gasteiger partial charge in [0.2, 0.25) is 0 Å². The molecule has 0 spiro atoms. The molecule has 1 N–H and O–H groups in total. The van der Waals surface area contributed by atoms with Gasteiger partial charge in [-0.25, -0.2) is 0 Å². The smallest absolute Gasteiger partial charge is 0.254 e. The Morgan fingerprint density at radius 3 is 2.38 bits per heavy atom. The van der Waals surface area contributed by atoms with Gasteiger partial charge in [0.25, 0.3) is 5.91 Å². The van der Waals surface area contributed by atoms with Gasteiger partial charge in [0, 0.05) is 18.5 Å². The summed E-state index contributed by atoms with van der Waals surface area (Å²) in [7, 11) is 1.89. The lowest BCUT2D eigenvalue weighted by molar-refractivity contribution is -0.0659. The quantitative estimate of drug-likeness (QED) is 0.908. The highest BCUT2D eigenvalue weighted by atomic mass is 16.3. The summed E-state index contributed by atoms with van der Waals surface area (Å²) in [5.41, 5.74) is 0.438. The van der Waals surface area contributed by atoms with E-state index in [1.54, 1.807) is 0 Å². The zero-order valence-electron chi connectivity index (χ0n) is 13.3. The fourth-order valence-corrected chi connectivity index (χ4v) is 4.77. The van der Waals surface area contributed by atoms with Crippen molar-refractivity contribution in [1.29, 1.82) is 0 Å². The molecular formula is C18H25NO2. The Bertz CT molecular complexity index is 554. The van der Waals surface area contributed by atoms with Crippen LogP contribution in [0.15, 0.2) is 30.3 Å². The standard InChI is InChI=1S/C18H25NO2/c1-17(2)13-10-14(15(20)11-13)18(17,3)19(4)16(21)12-8-6-5-7-9-12/h5-9,13-15,20H,10-11H2,1-4H3/t13-,14-,15-,18+/m0/s1. The van der Waals surface area contributed by atoms with Crippen LogP contribution in [-0.2, 0) is 0 Å². The number of fused-ring (bicyclic) bond motifs is 2. The van der Waals surface area contributed by atoms with Crippen LogP contribution < -0.4 is 0 Å². The molecule has 3 heteroatoms. The number of carbonyl (C=O) groups is 1. The molecule has 2 aliphatic carbocycles. The zero-order chi connectivity index (χ0) is 15.4. The molecule has 2 aliphatic rings. The predicted molar refractivity (Wildman–Crippen MR) is 82.9 cm³/mol. The lowest BCUT2D eigenvalue weighted by Crippen LogP contribution is -2.62. The van der Waals surface area contributed by atoms with Crippen molar-refractivity contribution in [2.24, 2.45) is 17.3 Å². The van der Waals surface area contributed by atoms with Crippen molar-refractivity contribution in [1.82, 2.24) is 4.90 Å². The van der Waals surface area contributed by atoms with Crippen molar-refractivity contribution >= 4 is 5.91 Å². The summed E-state index contributed by atoms with van der Waals surface area (Å²) in [5, 5.41) is 10.4. The van der Waals surface area contributed by atoms with Gasteiger partial charge in [-0.2, -0.15) is 0 Å². The van der Waals surface area contributed by atoms with Gasteiger partial charge in [-0.15, -0.1) is 0 Å². The highest BCUT2D eigenvalue weighted by Gasteiger charge is 2.66. The minimum atomic E-state index is -0.303. The van der Waals surface area contributed by atoms with Gasteiger partial charge in [0.05, 0.1) is 11.6 Å². The average Bonchev–Trinajstić information content (AvgIpc) is 2.95. The molecule has 4 atom stereocenters. The molecule has 114 valence electrons. The zero-order valence-corrected chi connectivity index (χ0v) is 13.3. The van der Waals surface area contributed by atoms with Crippen LogP contribution in [0.2, 0.25) is 0 Å². The summed E-state index contributed by atoms with van der Waals surface area (Å²) < 4.78 is 0. The number of amides is 1. The topological polar surface area (TPSA) is 40.5 Å². The van der Waals surface area contributed by atoms with Crippen LogP contribution in [0.1, 0.15) is 44.0 Å². The SMILES string of the molecule is CN(C(=O)c1ccccc1)[C@]1(C)[C@H]2C[C@@H](C[C@@H]2O)C1(C)C. The fourth-order valence-electron chi connectivity index (χ4n) is 4.77. The Morgan fingerprint density at radius 1 is 1.19 bits per heavy atom. The van der Waals surface area contributed by atoms with E-state index in [9.17, 15) is 9.90 Å². The molecule has 0 aliphatic heterocycles. The molecule has 1 aromatic rings. The third-order valence-electron chi connectivity index (χ3n) is 6.60. The Morgan fingerprint density at radius 2 is 1.81 bits per heavy atom. The first-order valence-electron chi connectivity index (χ1n) is 7.81. The molecule has 1 amide bonds. The second-order valence-electron chi connectivity index (χ2n) is 7.44. The fraction of sp³-hybridized carbons (Fsp3) is 0.611. The Balaban J connectivity index is 1.96. The van der Waals surface area contributed by atoms with E-state index in [0.29, 0.717) is 11.5 Å². The maximum Gasteiger partial charge on any atom is 0.254 e. The largest absolute Gasteiger partial charge is 0.393 e. The van der Waals surface area contributed by atoms with Crippen molar-refractivity contribution < 1.29 is 9.90 Å². The highest BCUT2D eigenvalue weighted by molar-refractivity contribution is 5.94. The third-order valence-corrected chi connectivity index (χ3v) is 6.60. The van der Waals surface area contributed by atoms with Crippen LogP contribution >= 0.6 is 0 Å². The molecular weight excluding hydrogens is 262 g/mol. The molecule has 2 bridgehead atoms. The molecule has 0 unspecified atom stereocenters. The molecule has 0 heterocycles. The summed E-state index contributed by atoms with van der Waals surface area (Å²) in [6.45, 7) is 6.65. The first-order valence-corrected chi connectivity index (χ1v) is 7.81.